The van der Waals surface area contributed by atoms with E-state index in [-0.39, 0.29) is 5.56 Å². The van der Waals surface area contributed by atoms with Crippen LogP contribution in [-0.4, -0.2) is 53.9 Å². The molecular formula is C20H21F3N4O2S. The number of thiazole rings is 1. The number of aromatic nitrogens is 1. The van der Waals surface area contributed by atoms with E-state index < -0.39 is 18.0 Å². The standard InChI is InChI=1S/C20H21F3N4O2S/c21-20(22,23)29-16-4-2-1-3-14(16)18(28)26-8-7-15-17(11-26)30-19(25-15)27-12-5-6-13(27)10-24-9-12/h1-4,12-13,24H,5-11H2. The quantitative estimate of drug-likeness (QED) is 0.798. The van der Waals surface area contributed by atoms with E-state index in [2.05, 4.69) is 15.0 Å². The van der Waals surface area contributed by atoms with Crippen molar-refractivity contribution in [1.29, 1.82) is 0 Å². The fourth-order valence-electron chi connectivity index (χ4n) is 4.58. The summed E-state index contributed by atoms with van der Waals surface area (Å²) >= 11 is 1.60. The molecule has 0 aliphatic carbocycles. The van der Waals surface area contributed by atoms with E-state index in [1.54, 1.807) is 16.2 Å². The Labute approximate surface area is 175 Å². The van der Waals surface area contributed by atoms with Crippen molar-refractivity contribution in [3.05, 3.63) is 40.4 Å². The Balaban J connectivity index is 1.35. The lowest BCUT2D eigenvalue weighted by molar-refractivity contribution is -0.274. The molecule has 3 aliphatic rings. The number of anilines is 1. The van der Waals surface area contributed by atoms with E-state index >= 15 is 0 Å². The zero-order valence-corrected chi connectivity index (χ0v) is 16.9. The molecule has 5 rings (SSSR count). The normalized spacial score (nSPS) is 23.4. The first kappa shape index (κ1) is 19.6. The Kier molecular flexibility index (Phi) is 4.85. The minimum Gasteiger partial charge on any atom is -0.405 e. The molecule has 1 aromatic carbocycles. The van der Waals surface area contributed by atoms with Crippen LogP contribution in [0.2, 0.25) is 0 Å². The second-order valence-electron chi connectivity index (χ2n) is 7.84. The number of piperazine rings is 1. The van der Waals surface area contributed by atoms with Gasteiger partial charge in [0, 0.05) is 43.0 Å². The van der Waals surface area contributed by atoms with E-state index in [1.807, 2.05) is 0 Å². The predicted molar refractivity (Wildman–Crippen MR) is 106 cm³/mol. The molecule has 2 aromatic rings. The van der Waals surface area contributed by atoms with E-state index in [4.69, 9.17) is 4.98 Å². The number of rotatable bonds is 3. The number of carbonyl (C=O) groups excluding carboxylic acids is 1. The predicted octanol–water partition coefficient (Wildman–Crippen LogP) is 3.18. The number of nitrogens with one attached hydrogen (secondary N) is 1. The summed E-state index contributed by atoms with van der Waals surface area (Å²) < 4.78 is 42.2. The van der Waals surface area contributed by atoms with Gasteiger partial charge in [0.1, 0.15) is 5.75 Å². The lowest BCUT2D eigenvalue weighted by Crippen LogP contribution is -2.51. The highest BCUT2D eigenvalue weighted by molar-refractivity contribution is 7.15. The Morgan fingerprint density at radius 3 is 2.67 bits per heavy atom. The molecule has 4 heterocycles. The lowest BCUT2D eigenvalue weighted by atomic mass is 10.1. The number of para-hydroxylation sites is 1. The van der Waals surface area contributed by atoms with Crippen LogP contribution in [0.4, 0.5) is 18.3 Å². The first-order valence-corrected chi connectivity index (χ1v) is 10.8. The molecule has 0 saturated carbocycles. The third-order valence-electron chi connectivity index (χ3n) is 5.95. The number of amides is 1. The molecule has 1 aromatic heterocycles. The largest absolute Gasteiger partial charge is 0.573 e. The zero-order chi connectivity index (χ0) is 20.9. The average Bonchev–Trinajstić information content (AvgIpc) is 3.23. The molecule has 2 unspecified atom stereocenters. The molecule has 2 bridgehead atoms. The molecule has 6 nitrogen and oxygen atoms in total. The van der Waals surface area contributed by atoms with E-state index in [9.17, 15) is 18.0 Å². The van der Waals surface area contributed by atoms with E-state index in [0.29, 0.717) is 31.6 Å². The lowest BCUT2D eigenvalue weighted by Gasteiger charge is -2.35. The highest BCUT2D eigenvalue weighted by atomic mass is 32.1. The van der Waals surface area contributed by atoms with Gasteiger partial charge in [0.25, 0.3) is 5.91 Å². The van der Waals surface area contributed by atoms with Crippen LogP contribution in [0.25, 0.3) is 0 Å². The van der Waals surface area contributed by atoms with Gasteiger partial charge < -0.3 is 19.9 Å². The smallest absolute Gasteiger partial charge is 0.405 e. The molecule has 2 saturated heterocycles. The van der Waals surface area contributed by atoms with Crippen LogP contribution in [-0.2, 0) is 13.0 Å². The molecule has 1 amide bonds. The first-order valence-electron chi connectivity index (χ1n) is 10.0. The van der Waals surface area contributed by atoms with Crippen LogP contribution < -0.4 is 15.0 Å². The number of benzene rings is 1. The Morgan fingerprint density at radius 1 is 1.20 bits per heavy atom. The number of hydrogen-bond donors (Lipinski definition) is 1. The van der Waals surface area contributed by atoms with Crippen LogP contribution in [0.15, 0.2) is 24.3 Å². The Bertz CT molecular complexity index is 948. The van der Waals surface area contributed by atoms with Crippen molar-refractivity contribution in [2.24, 2.45) is 0 Å². The van der Waals surface area contributed by atoms with Crippen molar-refractivity contribution < 1.29 is 22.7 Å². The third kappa shape index (κ3) is 3.62. The van der Waals surface area contributed by atoms with Gasteiger partial charge in [-0.1, -0.05) is 23.5 Å². The summed E-state index contributed by atoms with van der Waals surface area (Å²) in [6.45, 7) is 2.69. The number of nitrogens with zero attached hydrogens (tertiary/aromatic N) is 3. The highest BCUT2D eigenvalue weighted by Crippen LogP contribution is 2.38. The van der Waals surface area contributed by atoms with E-state index in [1.165, 1.54) is 24.3 Å². The molecule has 30 heavy (non-hydrogen) atoms. The fraction of sp³-hybridized carbons (Fsp3) is 0.500. The van der Waals surface area contributed by atoms with Crippen molar-refractivity contribution in [3.8, 4) is 5.75 Å². The number of halogens is 3. The van der Waals surface area contributed by atoms with Gasteiger partial charge in [-0.05, 0) is 25.0 Å². The molecule has 3 aliphatic heterocycles. The first-order chi connectivity index (χ1) is 14.4. The second-order valence-corrected chi connectivity index (χ2v) is 8.90. The third-order valence-corrected chi connectivity index (χ3v) is 7.05. The van der Waals surface area contributed by atoms with Crippen LogP contribution in [0.1, 0.15) is 33.8 Å². The molecule has 2 fully saturated rings. The number of ether oxygens (including phenoxy) is 1. The van der Waals surface area contributed by atoms with Gasteiger partial charge in [-0.3, -0.25) is 4.79 Å². The molecule has 1 N–H and O–H groups in total. The van der Waals surface area contributed by atoms with Gasteiger partial charge in [-0.2, -0.15) is 0 Å². The van der Waals surface area contributed by atoms with Crippen molar-refractivity contribution in [2.45, 2.75) is 44.3 Å². The maximum absolute atomic E-state index is 13.0. The summed E-state index contributed by atoms with van der Waals surface area (Å²) in [4.78, 5) is 22.8. The molecule has 0 spiro atoms. The summed E-state index contributed by atoms with van der Waals surface area (Å²) in [7, 11) is 0. The number of fused-ring (bicyclic) bond motifs is 3. The van der Waals surface area contributed by atoms with Crippen LogP contribution in [0.3, 0.4) is 0 Å². The van der Waals surface area contributed by atoms with Crippen LogP contribution in [0.5, 0.6) is 5.75 Å². The summed E-state index contributed by atoms with van der Waals surface area (Å²) in [6, 6.07) is 6.41. The second kappa shape index (κ2) is 7.42. The summed E-state index contributed by atoms with van der Waals surface area (Å²) in [5, 5.41) is 4.46. The van der Waals surface area contributed by atoms with Crippen LogP contribution in [0, 0.1) is 0 Å². The maximum atomic E-state index is 13.0. The topological polar surface area (TPSA) is 57.7 Å². The van der Waals surface area contributed by atoms with Crippen molar-refractivity contribution >= 4 is 22.4 Å². The number of hydrogen-bond acceptors (Lipinski definition) is 6. The van der Waals surface area contributed by atoms with Gasteiger partial charge in [0.15, 0.2) is 5.13 Å². The van der Waals surface area contributed by atoms with Gasteiger partial charge in [0.05, 0.1) is 17.8 Å². The molecule has 0 radical (unpaired) electrons. The number of carbonyl (C=O) groups is 1. The average molecular weight is 438 g/mol. The van der Waals surface area contributed by atoms with Crippen molar-refractivity contribution in [3.63, 3.8) is 0 Å². The minimum absolute atomic E-state index is 0.0804. The van der Waals surface area contributed by atoms with Gasteiger partial charge in [-0.25, -0.2) is 4.98 Å². The highest BCUT2D eigenvalue weighted by Gasteiger charge is 2.39. The Hall–Kier alpha value is -2.33. The molecular weight excluding hydrogens is 417 g/mol. The van der Waals surface area contributed by atoms with Gasteiger partial charge in [0.2, 0.25) is 0 Å². The molecule has 160 valence electrons. The monoisotopic (exact) mass is 438 g/mol. The fourth-order valence-corrected chi connectivity index (χ4v) is 5.85. The van der Waals surface area contributed by atoms with E-state index in [0.717, 1.165) is 41.6 Å². The summed E-state index contributed by atoms with van der Waals surface area (Å²) in [5.41, 5.74) is 0.917. The van der Waals surface area contributed by atoms with Gasteiger partial charge in [-0.15, -0.1) is 13.2 Å². The molecule has 2 atom stereocenters. The van der Waals surface area contributed by atoms with Crippen molar-refractivity contribution in [2.75, 3.05) is 24.5 Å². The number of alkyl halides is 3. The SMILES string of the molecule is O=C(c1ccccc1OC(F)(F)F)N1CCc2nc(N3C4CCC3CNC4)sc2C1. The minimum atomic E-state index is -4.85. The maximum Gasteiger partial charge on any atom is 0.573 e. The van der Waals surface area contributed by atoms with Crippen LogP contribution >= 0.6 is 11.3 Å². The summed E-state index contributed by atoms with van der Waals surface area (Å²) in [5.74, 6) is -0.930. The zero-order valence-electron chi connectivity index (χ0n) is 16.1. The van der Waals surface area contributed by atoms with Crippen molar-refractivity contribution in [1.82, 2.24) is 15.2 Å². The van der Waals surface area contributed by atoms with Gasteiger partial charge >= 0.3 is 6.36 Å². The Morgan fingerprint density at radius 2 is 1.93 bits per heavy atom. The summed E-state index contributed by atoms with van der Waals surface area (Å²) in [6.07, 6.45) is -1.94. The molecule has 10 heteroatoms.